The summed E-state index contributed by atoms with van der Waals surface area (Å²) in [5, 5.41) is 11.0. The second-order valence-electron chi connectivity index (χ2n) is 7.33. The van der Waals surface area contributed by atoms with Gasteiger partial charge in [0.25, 0.3) is 0 Å². The zero-order valence-corrected chi connectivity index (χ0v) is 20.4. The molecule has 0 aliphatic rings. The van der Waals surface area contributed by atoms with Gasteiger partial charge < -0.3 is 10.1 Å². The fraction of sp³-hybridized carbons (Fsp3) is 0.167. The number of thioether (sulfide) groups is 1. The number of benzene rings is 2. The van der Waals surface area contributed by atoms with Crippen molar-refractivity contribution in [2.45, 2.75) is 18.3 Å². The van der Waals surface area contributed by atoms with Crippen molar-refractivity contribution in [1.82, 2.24) is 19.7 Å². The molecule has 2 aromatic heterocycles. The fourth-order valence-corrected chi connectivity index (χ4v) is 4.27. The molecule has 0 atom stereocenters. The molecule has 0 saturated carbocycles. The Balaban J connectivity index is 1.56. The SMILES string of the molecule is CCOc1ccc(-n2c(SCC(=O)Nc3ccc(Cl)c(C(F)(F)F)c3)nnc2-c2ccncc2)cc1. The number of carbonyl (C=O) groups excluding carboxylic acids is 1. The lowest BCUT2D eigenvalue weighted by Gasteiger charge is -2.12. The smallest absolute Gasteiger partial charge is 0.417 e. The average Bonchev–Trinajstić information content (AvgIpc) is 3.28. The maximum atomic E-state index is 13.1. The third-order valence-corrected chi connectivity index (χ3v) is 6.12. The molecule has 0 fully saturated rings. The predicted molar refractivity (Wildman–Crippen MR) is 132 cm³/mol. The Labute approximate surface area is 213 Å². The number of alkyl halides is 3. The van der Waals surface area contributed by atoms with Crippen LogP contribution in [0.4, 0.5) is 18.9 Å². The van der Waals surface area contributed by atoms with E-state index >= 15 is 0 Å². The fourth-order valence-electron chi connectivity index (χ4n) is 3.29. The van der Waals surface area contributed by atoms with E-state index in [2.05, 4.69) is 20.5 Å². The second-order valence-corrected chi connectivity index (χ2v) is 8.68. The summed E-state index contributed by atoms with van der Waals surface area (Å²) in [6.45, 7) is 2.42. The van der Waals surface area contributed by atoms with Crippen molar-refractivity contribution < 1.29 is 22.7 Å². The number of anilines is 1. The van der Waals surface area contributed by atoms with E-state index in [-0.39, 0.29) is 11.4 Å². The molecule has 2 aromatic carbocycles. The van der Waals surface area contributed by atoms with Crippen molar-refractivity contribution in [3.63, 3.8) is 0 Å². The van der Waals surface area contributed by atoms with E-state index in [4.69, 9.17) is 16.3 Å². The average molecular weight is 534 g/mol. The lowest BCUT2D eigenvalue weighted by Crippen LogP contribution is -2.15. The van der Waals surface area contributed by atoms with Gasteiger partial charge in [-0.2, -0.15) is 13.2 Å². The zero-order chi connectivity index (χ0) is 25.7. The van der Waals surface area contributed by atoms with Crippen LogP contribution in [0.5, 0.6) is 5.75 Å². The third-order valence-electron chi connectivity index (χ3n) is 4.87. The first-order valence-corrected chi connectivity index (χ1v) is 12.0. The molecule has 4 rings (SSSR count). The molecule has 0 unspecified atom stereocenters. The normalized spacial score (nSPS) is 11.4. The molecule has 2 heterocycles. The molecular formula is C24H19ClF3N5O2S. The van der Waals surface area contributed by atoms with Gasteiger partial charge in [0, 0.05) is 29.3 Å². The molecule has 0 radical (unpaired) electrons. The van der Waals surface area contributed by atoms with E-state index in [1.807, 2.05) is 31.2 Å². The molecule has 0 saturated heterocycles. The summed E-state index contributed by atoms with van der Waals surface area (Å²) in [4.78, 5) is 16.6. The highest BCUT2D eigenvalue weighted by Crippen LogP contribution is 2.36. The molecule has 12 heteroatoms. The number of ether oxygens (including phenoxy) is 1. The number of nitrogens with one attached hydrogen (secondary N) is 1. The van der Waals surface area contributed by atoms with Gasteiger partial charge in [0.1, 0.15) is 5.75 Å². The van der Waals surface area contributed by atoms with Crippen LogP contribution in [0.15, 0.2) is 72.1 Å². The minimum Gasteiger partial charge on any atom is -0.494 e. The Morgan fingerprint density at radius 2 is 1.81 bits per heavy atom. The lowest BCUT2D eigenvalue weighted by molar-refractivity contribution is -0.137. The van der Waals surface area contributed by atoms with Crippen LogP contribution in [0.25, 0.3) is 17.1 Å². The van der Waals surface area contributed by atoms with Crippen LogP contribution in [0.2, 0.25) is 5.02 Å². The number of amides is 1. The van der Waals surface area contributed by atoms with Gasteiger partial charge in [0.2, 0.25) is 5.91 Å². The Bertz CT molecular complexity index is 1350. The second kappa shape index (κ2) is 11.0. The quantitative estimate of drug-likeness (QED) is 0.274. The summed E-state index contributed by atoms with van der Waals surface area (Å²) in [6, 6.07) is 14.1. The first kappa shape index (κ1) is 25.5. The molecule has 36 heavy (non-hydrogen) atoms. The van der Waals surface area contributed by atoms with Gasteiger partial charge >= 0.3 is 6.18 Å². The summed E-state index contributed by atoms with van der Waals surface area (Å²) >= 11 is 6.74. The van der Waals surface area contributed by atoms with Gasteiger partial charge in [-0.25, -0.2) is 0 Å². The molecule has 0 aliphatic heterocycles. The zero-order valence-electron chi connectivity index (χ0n) is 18.8. The van der Waals surface area contributed by atoms with Crippen LogP contribution in [-0.2, 0) is 11.0 Å². The highest BCUT2D eigenvalue weighted by Gasteiger charge is 2.33. The summed E-state index contributed by atoms with van der Waals surface area (Å²) in [7, 11) is 0. The predicted octanol–water partition coefficient (Wildman–Crippen LogP) is 6.13. The largest absolute Gasteiger partial charge is 0.494 e. The van der Waals surface area contributed by atoms with E-state index < -0.39 is 22.7 Å². The van der Waals surface area contributed by atoms with Crippen molar-refractivity contribution in [2.75, 3.05) is 17.7 Å². The van der Waals surface area contributed by atoms with Crippen molar-refractivity contribution in [1.29, 1.82) is 0 Å². The van der Waals surface area contributed by atoms with E-state index in [0.29, 0.717) is 23.3 Å². The monoisotopic (exact) mass is 533 g/mol. The van der Waals surface area contributed by atoms with E-state index in [9.17, 15) is 18.0 Å². The van der Waals surface area contributed by atoms with E-state index in [0.717, 1.165) is 35.1 Å². The summed E-state index contributed by atoms with van der Waals surface area (Å²) < 4.78 is 46.7. The van der Waals surface area contributed by atoms with Gasteiger partial charge in [0.05, 0.1) is 22.9 Å². The van der Waals surface area contributed by atoms with Crippen LogP contribution in [0.1, 0.15) is 12.5 Å². The Morgan fingerprint density at radius 3 is 2.47 bits per heavy atom. The van der Waals surface area contributed by atoms with Gasteiger partial charge in [-0.05, 0) is 61.5 Å². The Kier molecular flexibility index (Phi) is 7.80. The number of pyridine rings is 1. The maximum Gasteiger partial charge on any atom is 0.417 e. The first-order chi connectivity index (χ1) is 17.3. The highest BCUT2D eigenvalue weighted by molar-refractivity contribution is 7.99. The molecule has 1 N–H and O–H groups in total. The number of hydrogen-bond donors (Lipinski definition) is 1. The summed E-state index contributed by atoms with van der Waals surface area (Å²) in [5.41, 5.74) is 0.476. The topological polar surface area (TPSA) is 81.9 Å². The van der Waals surface area contributed by atoms with Crippen molar-refractivity contribution in [2.24, 2.45) is 0 Å². The number of halogens is 4. The number of rotatable bonds is 8. The number of hydrogen-bond acceptors (Lipinski definition) is 6. The van der Waals surface area contributed by atoms with Crippen LogP contribution >= 0.6 is 23.4 Å². The van der Waals surface area contributed by atoms with Gasteiger partial charge in [-0.1, -0.05) is 23.4 Å². The van der Waals surface area contributed by atoms with Crippen molar-refractivity contribution in [3.05, 3.63) is 77.6 Å². The number of nitrogens with zero attached hydrogens (tertiary/aromatic N) is 4. The maximum absolute atomic E-state index is 13.1. The highest BCUT2D eigenvalue weighted by atomic mass is 35.5. The molecule has 0 bridgehead atoms. The van der Waals surface area contributed by atoms with Crippen molar-refractivity contribution in [3.8, 4) is 22.8 Å². The van der Waals surface area contributed by atoms with Crippen LogP contribution < -0.4 is 10.1 Å². The van der Waals surface area contributed by atoms with Gasteiger partial charge in [-0.3, -0.25) is 14.3 Å². The standard InChI is InChI=1S/C24H19ClF3N5O2S/c1-2-35-18-6-4-17(5-7-18)33-22(15-9-11-29-12-10-15)31-32-23(33)36-14-21(34)30-16-3-8-20(25)19(13-16)24(26,27)28/h3-13H,2,14H2,1H3,(H,30,34). The first-order valence-electron chi connectivity index (χ1n) is 10.6. The third kappa shape index (κ3) is 5.97. The summed E-state index contributed by atoms with van der Waals surface area (Å²) in [5.74, 6) is 0.615. The molecule has 0 aliphatic carbocycles. The van der Waals surface area contributed by atoms with Crippen molar-refractivity contribution >= 4 is 35.0 Å². The number of aromatic nitrogens is 4. The summed E-state index contributed by atoms with van der Waals surface area (Å²) in [6.07, 6.45) is -1.37. The lowest BCUT2D eigenvalue weighted by atomic mass is 10.2. The molecular weight excluding hydrogens is 515 g/mol. The van der Waals surface area contributed by atoms with Crippen LogP contribution in [0, 0.1) is 0 Å². The van der Waals surface area contributed by atoms with Gasteiger partial charge in [0.15, 0.2) is 11.0 Å². The molecule has 1 amide bonds. The molecule has 7 nitrogen and oxygen atoms in total. The minimum absolute atomic E-state index is 0.0113. The van der Waals surface area contributed by atoms with Gasteiger partial charge in [-0.15, -0.1) is 10.2 Å². The van der Waals surface area contributed by atoms with E-state index in [1.165, 1.54) is 6.07 Å². The van der Waals surface area contributed by atoms with Crippen LogP contribution in [0.3, 0.4) is 0 Å². The van der Waals surface area contributed by atoms with Crippen LogP contribution in [-0.4, -0.2) is 38.0 Å². The van der Waals surface area contributed by atoms with E-state index in [1.54, 1.807) is 29.1 Å². The molecule has 0 spiro atoms. The Hall–Kier alpha value is -3.57. The molecule has 4 aromatic rings. The Morgan fingerprint density at radius 1 is 1.08 bits per heavy atom. The minimum atomic E-state index is -4.63. The number of carbonyl (C=O) groups is 1. The molecule has 186 valence electrons.